The van der Waals surface area contributed by atoms with Gasteiger partial charge in [0.15, 0.2) is 0 Å². The van der Waals surface area contributed by atoms with Gasteiger partial charge in [0.1, 0.15) is 5.75 Å². The lowest BCUT2D eigenvalue weighted by molar-refractivity contribution is 0.0857. The highest BCUT2D eigenvalue weighted by Gasteiger charge is 2.17. The van der Waals surface area contributed by atoms with Crippen LogP contribution in [0.15, 0.2) is 48.5 Å². The highest BCUT2D eigenvalue weighted by molar-refractivity contribution is 6.06. The highest BCUT2D eigenvalue weighted by Crippen LogP contribution is 2.21. The molecule has 2 aromatic carbocycles. The van der Waals surface area contributed by atoms with Crippen molar-refractivity contribution in [2.75, 3.05) is 18.5 Å². The summed E-state index contributed by atoms with van der Waals surface area (Å²) < 4.78 is 11.2. The molecule has 0 radical (unpaired) electrons. The molecular weight excluding hydrogens is 356 g/mol. The molecule has 0 spiro atoms. The molecule has 2 N–H and O–H groups in total. The van der Waals surface area contributed by atoms with Gasteiger partial charge in [0.2, 0.25) is 0 Å². The molecule has 1 atom stereocenters. The Morgan fingerprint density at radius 3 is 2.54 bits per heavy atom. The van der Waals surface area contributed by atoms with Crippen LogP contribution in [-0.4, -0.2) is 37.2 Å². The quantitative estimate of drug-likeness (QED) is 0.767. The number of nitrogens with one attached hydrogen (secondary N) is 2. The van der Waals surface area contributed by atoms with Crippen molar-refractivity contribution in [3.8, 4) is 5.75 Å². The van der Waals surface area contributed by atoms with E-state index in [-0.39, 0.29) is 24.0 Å². The van der Waals surface area contributed by atoms with Crippen LogP contribution in [0.3, 0.4) is 0 Å². The summed E-state index contributed by atoms with van der Waals surface area (Å²) in [7, 11) is 0. The van der Waals surface area contributed by atoms with Crippen molar-refractivity contribution < 1.29 is 19.1 Å². The summed E-state index contributed by atoms with van der Waals surface area (Å²) in [4.78, 5) is 24.8. The first-order valence-corrected chi connectivity index (χ1v) is 9.60. The van der Waals surface area contributed by atoms with E-state index in [1.807, 2.05) is 19.9 Å². The molecule has 6 heteroatoms. The number of benzene rings is 2. The first kappa shape index (κ1) is 19.9. The largest absolute Gasteiger partial charge is 0.490 e. The van der Waals surface area contributed by atoms with Crippen molar-refractivity contribution in [2.45, 2.75) is 38.9 Å². The van der Waals surface area contributed by atoms with E-state index in [4.69, 9.17) is 9.47 Å². The fraction of sp³-hybridized carbons (Fsp3) is 0.364. The van der Waals surface area contributed by atoms with Crippen LogP contribution in [0.4, 0.5) is 5.69 Å². The highest BCUT2D eigenvalue weighted by atomic mass is 16.5. The lowest BCUT2D eigenvalue weighted by atomic mass is 10.1. The average molecular weight is 382 g/mol. The minimum atomic E-state index is -0.258. The van der Waals surface area contributed by atoms with E-state index in [1.54, 1.807) is 42.5 Å². The normalized spacial score (nSPS) is 16.0. The second-order valence-electron chi connectivity index (χ2n) is 7.04. The zero-order chi connectivity index (χ0) is 19.9. The molecule has 1 aliphatic heterocycles. The lowest BCUT2D eigenvalue weighted by Gasteiger charge is -2.14. The predicted molar refractivity (Wildman–Crippen MR) is 108 cm³/mol. The number of carbonyl (C=O) groups excluding carboxylic acids is 2. The molecule has 1 aliphatic rings. The summed E-state index contributed by atoms with van der Waals surface area (Å²) in [5.41, 5.74) is 1.62. The molecule has 0 saturated carbocycles. The SMILES string of the molecule is CC(C)Oc1ccccc1C(=O)Nc1ccc(C(=O)NC[C@@H]2CCCO2)cc1. The Hall–Kier alpha value is -2.86. The number of carbonyl (C=O) groups is 2. The molecule has 0 unspecified atom stereocenters. The summed E-state index contributed by atoms with van der Waals surface area (Å²) >= 11 is 0. The van der Waals surface area contributed by atoms with Gasteiger partial charge >= 0.3 is 0 Å². The van der Waals surface area contributed by atoms with Crippen LogP contribution in [0.2, 0.25) is 0 Å². The second kappa shape index (κ2) is 9.37. The van der Waals surface area contributed by atoms with E-state index in [2.05, 4.69) is 10.6 Å². The summed E-state index contributed by atoms with van der Waals surface area (Å²) in [6, 6.07) is 13.9. The summed E-state index contributed by atoms with van der Waals surface area (Å²) in [6.45, 7) is 5.11. The molecule has 6 nitrogen and oxygen atoms in total. The number of rotatable bonds is 7. The van der Waals surface area contributed by atoms with Crippen LogP contribution in [0.25, 0.3) is 0 Å². The maximum Gasteiger partial charge on any atom is 0.259 e. The molecule has 1 fully saturated rings. The summed E-state index contributed by atoms with van der Waals surface area (Å²) in [5, 5.41) is 5.73. The lowest BCUT2D eigenvalue weighted by Crippen LogP contribution is -2.31. The van der Waals surface area contributed by atoms with Gasteiger partial charge in [-0.05, 0) is 63.1 Å². The van der Waals surface area contributed by atoms with Crippen molar-refractivity contribution in [2.24, 2.45) is 0 Å². The molecule has 2 aromatic rings. The zero-order valence-electron chi connectivity index (χ0n) is 16.2. The Morgan fingerprint density at radius 1 is 1.11 bits per heavy atom. The van der Waals surface area contributed by atoms with Crippen LogP contribution in [-0.2, 0) is 4.74 Å². The Balaban J connectivity index is 1.59. The summed E-state index contributed by atoms with van der Waals surface area (Å²) in [5.74, 6) is 0.135. The number of anilines is 1. The molecule has 28 heavy (non-hydrogen) atoms. The first-order chi connectivity index (χ1) is 13.5. The van der Waals surface area contributed by atoms with E-state index in [9.17, 15) is 9.59 Å². The van der Waals surface area contributed by atoms with Crippen molar-refractivity contribution in [3.63, 3.8) is 0 Å². The summed E-state index contributed by atoms with van der Waals surface area (Å²) in [6.07, 6.45) is 2.10. The van der Waals surface area contributed by atoms with Gasteiger partial charge in [0.25, 0.3) is 11.8 Å². The van der Waals surface area contributed by atoms with Crippen LogP contribution in [0.5, 0.6) is 5.75 Å². The van der Waals surface area contributed by atoms with Crippen LogP contribution in [0, 0.1) is 0 Å². The molecule has 3 rings (SSSR count). The number of hydrogen-bond acceptors (Lipinski definition) is 4. The minimum Gasteiger partial charge on any atom is -0.490 e. The van der Waals surface area contributed by atoms with Gasteiger partial charge in [0, 0.05) is 24.4 Å². The van der Waals surface area contributed by atoms with E-state index < -0.39 is 0 Å². The van der Waals surface area contributed by atoms with E-state index in [0.29, 0.717) is 29.1 Å². The third kappa shape index (κ3) is 5.33. The standard InChI is InChI=1S/C22H26N2O4/c1-15(2)28-20-8-4-3-7-19(20)22(26)24-17-11-9-16(10-12-17)21(25)23-14-18-6-5-13-27-18/h3-4,7-12,15,18H,5-6,13-14H2,1-2H3,(H,23,25)(H,24,26)/t18-/m0/s1. The molecule has 0 aliphatic carbocycles. The molecule has 2 amide bonds. The van der Waals surface area contributed by atoms with Crippen molar-refractivity contribution >= 4 is 17.5 Å². The maximum atomic E-state index is 12.6. The predicted octanol–water partition coefficient (Wildman–Crippen LogP) is 3.63. The van der Waals surface area contributed by atoms with Crippen molar-refractivity contribution in [3.05, 3.63) is 59.7 Å². The Morgan fingerprint density at radius 2 is 1.86 bits per heavy atom. The van der Waals surface area contributed by atoms with Crippen LogP contribution < -0.4 is 15.4 Å². The Kier molecular flexibility index (Phi) is 6.66. The van der Waals surface area contributed by atoms with Gasteiger partial charge in [-0.1, -0.05) is 12.1 Å². The fourth-order valence-electron chi connectivity index (χ4n) is 3.03. The van der Waals surface area contributed by atoms with Crippen molar-refractivity contribution in [1.82, 2.24) is 5.32 Å². The Bertz CT molecular complexity index is 812. The van der Waals surface area contributed by atoms with Gasteiger partial charge in [0.05, 0.1) is 17.8 Å². The third-order valence-corrected chi connectivity index (χ3v) is 4.41. The molecule has 1 heterocycles. The topological polar surface area (TPSA) is 76.7 Å². The van der Waals surface area contributed by atoms with E-state index in [1.165, 1.54) is 0 Å². The van der Waals surface area contributed by atoms with Crippen molar-refractivity contribution in [1.29, 1.82) is 0 Å². The third-order valence-electron chi connectivity index (χ3n) is 4.41. The average Bonchev–Trinajstić information content (AvgIpc) is 3.20. The number of amides is 2. The van der Waals surface area contributed by atoms with Gasteiger partial charge in [-0.3, -0.25) is 9.59 Å². The monoisotopic (exact) mass is 382 g/mol. The zero-order valence-corrected chi connectivity index (χ0v) is 16.2. The number of ether oxygens (including phenoxy) is 2. The second-order valence-corrected chi connectivity index (χ2v) is 7.04. The van der Waals surface area contributed by atoms with Gasteiger partial charge in [-0.15, -0.1) is 0 Å². The van der Waals surface area contributed by atoms with Crippen LogP contribution >= 0.6 is 0 Å². The molecule has 0 aromatic heterocycles. The van der Waals surface area contributed by atoms with E-state index in [0.717, 1.165) is 19.4 Å². The van der Waals surface area contributed by atoms with Gasteiger partial charge in [-0.2, -0.15) is 0 Å². The van der Waals surface area contributed by atoms with Crippen LogP contribution in [0.1, 0.15) is 47.4 Å². The molecule has 148 valence electrons. The molecule has 0 bridgehead atoms. The number of para-hydroxylation sites is 1. The van der Waals surface area contributed by atoms with E-state index >= 15 is 0 Å². The maximum absolute atomic E-state index is 12.6. The Labute approximate surface area is 165 Å². The minimum absolute atomic E-state index is 0.0265. The molecular formula is C22H26N2O4. The fourth-order valence-corrected chi connectivity index (χ4v) is 3.03. The molecule has 1 saturated heterocycles. The van der Waals surface area contributed by atoms with Gasteiger partial charge in [-0.25, -0.2) is 0 Å². The van der Waals surface area contributed by atoms with Gasteiger partial charge < -0.3 is 20.1 Å². The smallest absolute Gasteiger partial charge is 0.259 e. The number of hydrogen-bond donors (Lipinski definition) is 2. The first-order valence-electron chi connectivity index (χ1n) is 9.60.